The van der Waals surface area contributed by atoms with Crippen molar-refractivity contribution < 1.29 is 19.0 Å². The molecule has 0 saturated heterocycles. The molecule has 1 atom stereocenters. The number of aliphatic hydroxyl groups is 1. The summed E-state index contributed by atoms with van der Waals surface area (Å²) in [5, 5.41) is 12.5. The third-order valence-electron chi connectivity index (χ3n) is 2.78. The second kappa shape index (κ2) is 4.81. The molecule has 0 aliphatic carbocycles. The number of rotatable bonds is 3. The fourth-order valence-electron chi connectivity index (χ4n) is 2.00. The molecule has 1 aliphatic heterocycles. The molecule has 17 heavy (non-hydrogen) atoms. The number of benzene rings is 1. The van der Waals surface area contributed by atoms with Crippen molar-refractivity contribution in [3.8, 4) is 0 Å². The monoisotopic (exact) mass is 239 g/mol. The number of nitrogens with one attached hydrogen (secondary N) is 1. The highest BCUT2D eigenvalue weighted by atomic mass is 19.1. The van der Waals surface area contributed by atoms with Gasteiger partial charge in [-0.05, 0) is 24.1 Å². The van der Waals surface area contributed by atoms with Gasteiger partial charge < -0.3 is 15.2 Å². The summed E-state index contributed by atoms with van der Waals surface area (Å²) in [6.45, 7) is 0.0613. The van der Waals surface area contributed by atoms with Crippen LogP contribution in [-0.4, -0.2) is 24.7 Å². The van der Waals surface area contributed by atoms with Gasteiger partial charge in [0.15, 0.2) is 0 Å². The van der Waals surface area contributed by atoms with Crippen molar-refractivity contribution in [2.75, 3.05) is 19.0 Å². The van der Waals surface area contributed by atoms with Gasteiger partial charge in [0.05, 0.1) is 12.3 Å². The minimum atomic E-state index is -0.942. The van der Waals surface area contributed by atoms with Crippen molar-refractivity contribution in [3.05, 3.63) is 29.1 Å². The van der Waals surface area contributed by atoms with E-state index in [0.717, 1.165) is 5.56 Å². The molecule has 1 amide bonds. The zero-order chi connectivity index (χ0) is 12.4. The van der Waals surface area contributed by atoms with Gasteiger partial charge in [-0.3, -0.25) is 4.79 Å². The molecule has 0 spiro atoms. The highest BCUT2D eigenvalue weighted by molar-refractivity contribution is 5.94. The summed E-state index contributed by atoms with van der Waals surface area (Å²) >= 11 is 0. The van der Waals surface area contributed by atoms with Crippen LogP contribution in [0.2, 0.25) is 0 Å². The van der Waals surface area contributed by atoms with Crippen LogP contribution in [0.1, 0.15) is 23.7 Å². The maximum atomic E-state index is 13.4. The average Bonchev–Trinajstić information content (AvgIpc) is 2.29. The van der Waals surface area contributed by atoms with Crippen LogP contribution in [0, 0.1) is 5.82 Å². The topological polar surface area (TPSA) is 58.6 Å². The fourth-order valence-corrected chi connectivity index (χ4v) is 2.00. The van der Waals surface area contributed by atoms with Gasteiger partial charge >= 0.3 is 0 Å². The first-order chi connectivity index (χ1) is 8.11. The van der Waals surface area contributed by atoms with Crippen molar-refractivity contribution in [1.29, 1.82) is 0 Å². The number of aliphatic hydroxyl groups excluding tert-OH is 1. The number of amides is 1. The molecule has 0 saturated carbocycles. The van der Waals surface area contributed by atoms with E-state index in [1.54, 1.807) is 0 Å². The molecule has 5 heteroatoms. The Labute approximate surface area is 98.4 Å². The quantitative estimate of drug-likeness (QED) is 0.838. The number of fused-ring (bicyclic) bond motifs is 1. The Balaban J connectivity index is 2.43. The van der Waals surface area contributed by atoms with Gasteiger partial charge in [0.1, 0.15) is 11.9 Å². The van der Waals surface area contributed by atoms with Crippen molar-refractivity contribution in [3.63, 3.8) is 0 Å². The Kier molecular flexibility index (Phi) is 3.40. The van der Waals surface area contributed by atoms with E-state index in [-0.39, 0.29) is 12.5 Å². The number of aryl methyl sites for hydroxylation is 1. The number of hydrogen-bond acceptors (Lipinski definition) is 3. The van der Waals surface area contributed by atoms with Crippen molar-refractivity contribution in [2.45, 2.75) is 18.9 Å². The summed E-state index contributed by atoms with van der Waals surface area (Å²) in [4.78, 5) is 11.3. The van der Waals surface area contributed by atoms with Gasteiger partial charge in [-0.1, -0.05) is 0 Å². The molecule has 2 rings (SSSR count). The lowest BCUT2D eigenvalue weighted by molar-refractivity contribution is -0.116. The molecule has 92 valence electrons. The number of hydrogen-bond donors (Lipinski definition) is 2. The molecule has 1 aromatic carbocycles. The molecule has 1 aromatic rings. The first kappa shape index (κ1) is 12.0. The highest BCUT2D eigenvalue weighted by Crippen LogP contribution is 2.32. The van der Waals surface area contributed by atoms with E-state index in [9.17, 15) is 14.3 Å². The van der Waals surface area contributed by atoms with E-state index in [1.807, 2.05) is 0 Å². The molecule has 1 unspecified atom stereocenters. The first-order valence-electron chi connectivity index (χ1n) is 5.41. The molecule has 0 fully saturated rings. The van der Waals surface area contributed by atoms with Gasteiger partial charge in [0, 0.05) is 19.1 Å². The van der Waals surface area contributed by atoms with Crippen molar-refractivity contribution >= 4 is 11.6 Å². The van der Waals surface area contributed by atoms with Crippen LogP contribution in [-0.2, 0) is 16.0 Å². The van der Waals surface area contributed by atoms with Crippen LogP contribution in [0.25, 0.3) is 0 Å². The molecule has 0 radical (unpaired) electrons. The third kappa shape index (κ3) is 2.45. The summed E-state index contributed by atoms with van der Waals surface area (Å²) in [6.07, 6.45) is -0.107. The van der Waals surface area contributed by atoms with Gasteiger partial charge in [0.25, 0.3) is 0 Å². The van der Waals surface area contributed by atoms with E-state index in [0.29, 0.717) is 24.1 Å². The lowest BCUT2D eigenvalue weighted by Crippen LogP contribution is -2.22. The molecule has 0 aromatic heterocycles. The van der Waals surface area contributed by atoms with E-state index >= 15 is 0 Å². The lowest BCUT2D eigenvalue weighted by atomic mass is 9.96. The largest absolute Gasteiger partial charge is 0.386 e. The number of carbonyl (C=O) groups is 1. The van der Waals surface area contributed by atoms with E-state index in [4.69, 9.17) is 4.74 Å². The summed E-state index contributed by atoms with van der Waals surface area (Å²) < 4.78 is 18.2. The molecule has 1 heterocycles. The Hall–Kier alpha value is -1.46. The minimum Gasteiger partial charge on any atom is -0.386 e. The van der Waals surface area contributed by atoms with Crippen molar-refractivity contribution in [1.82, 2.24) is 0 Å². The second-order valence-corrected chi connectivity index (χ2v) is 4.05. The number of anilines is 1. The van der Waals surface area contributed by atoms with E-state index in [2.05, 4.69) is 5.32 Å². The maximum absolute atomic E-state index is 13.4. The average molecular weight is 239 g/mol. The number of halogens is 1. The Morgan fingerprint density at radius 3 is 3.00 bits per heavy atom. The summed E-state index contributed by atoms with van der Waals surface area (Å²) in [6, 6.07) is 2.62. The van der Waals surface area contributed by atoms with Gasteiger partial charge in [-0.2, -0.15) is 0 Å². The standard InChI is InChI=1S/C12H14FNO3/c1-17-6-10(15)9-5-8(13)4-7-2-3-11(16)14-12(7)9/h4-5,10,15H,2-3,6H2,1H3,(H,14,16). The van der Waals surface area contributed by atoms with Crippen LogP contribution in [0.15, 0.2) is 12.1 Å². The van der Waals surface area contributed by atoms with Gasteiger partial charge in [-0.25, -0.2) is 4.39 Å². The second-order valence-electron chi connectivity index (χ2n) is 4.05. The van der Waals surface area contributed by atoms with Crippen LogP contribution in [0.3, 0.4) is 0 Å². The fraction of sp³-hybridized carbons (Fsp3) is 0.417. The zero-order valence-corrected chi connectivity index (χ0v) is 9.50. The van der Waals surface area contributed by atoms with E-state index in [1.165, 1.54) is 19.2 Å². The molecule has 4 nitrogen and oxygen atoms in total. The summed E-state index contributed by atoms with van der Waals surface area (Å²) in [5.74, 6) is -0.528. The van der Waals surface area contributed by atoms with Crippen LogP contribution < -0.4 is 5.32 Å². The molecule has 1 aliphatic rings. The zero-order valence-electron chi connectivity index (χ0n) is 9.50. The maximum Gasteiger partial charge on any atom is 0.224 e. The van der Waals surface area contributed by atoms with Crippen LogP contribution >= 0.6 is 0 Å². The predicted octanol–water partition coefficient (Wildman–Crippen LogP) is 1.39. The first-order valence-corrected chi connectivity index (χ1v) is 5.41. The minimum absolute atomic E-state index is 0.0613. The molecule has 2 N–H and O–H groups in total. The Morgan fingerprint density at radius 1 is 1.53 bits per heavy atom. The predicted molar refractivity (Wildman–Crippen MR) is 60.2 cm³/mol. The third-order valence-corrected chi connectivity index (χ3v) is 2.78. The summed E-state index contributed by atoms with van der Waals surface area (Å²) in [5.41, 5.74) is 1.61. The molecular formula is C12H14FNO3. The lowest BCUT2D eigenvalue weighted by Gasteiger charge is -2.22. The van der Waals surface area contributed by atoms with Crippen LogP contribution in [0.5, 0.6) is 0 Å². The summed E-state index contributed by atoms with van der Waals surface area (Å²) in [7, 11) is 1.45. The Bertz CT molecular complexity index is 448. The highest BCUT2D eigenvalue weighted by Gasteiger charge is 2.22. The molecular weight excluding hydrogens is 225 g/mol. The SMILES string of the molecule is COCC(O)c1cc(F)cc2c1NC(=O)CC2. The van der Waals surface area contributed by atoms with Gasteiger partial charge in [0.2, 0.25) is 5.91 Å². The Morgan fingerprint density at radius 2 is 2.29 bits per heavy atom. The van der Waals surface area contributed by atoms with Gasteiger partial charge in [-0.15, -0.1) is 0 Å². The van der Waals surface area contributed by atoms with Crippen molar-refractivity contribution in [2.24, 2.45) is 0 Å². The number of ether oxygens (including phenoxy) is 1. The normalized spacial score (nSPS) is 16.3. The number of methoxy groups -OCH3 is 1. The molecule has 0 bridgehead atoms. The number of carbonyl (C=O) groups excluding carboxylic acids is 1. The van der Waals surface area contributed by atoms with E-state index < -0.39 is 11.9 Å². The smallest absolute Gasteiger partial charge is 0.224 e. The van der Waals surface area contributed by atoms with Crippen LogP contribution in [0.4, 0.5) is 10.1 Å².